The normalized spacial score (nSPS) is 11.2. The summed E-state index contributed by atoms with van der Waals surface area (Å²) in [7, 11) is 5.24. The van der Waals surface area contributed by atoms with Crippen LogP contribution < -0.4 is 0 Å². The monoisotopic (exact) mass is 151 g/mol. The van der Waals surface area contributed by atoms with Gasteiger partial charge in [0.05, 0.1) is 0 Å². The zero-order valence-electron chi connectivity index (χ0n) is 5.59. The molecule has 0 spiro atoms. The summed E-state index contributed by atoms with van der Waals surface area (Å²) in [6.45, 7) is 5.62. The second-order valence-electron chi connectivity index (χ2n) is 2.42. The molecule has 0 rings (SSSR count). The van der Waals surface area contributed by atoms with Gasteiger partial charge in [0, 0.05) is 6.54 Å². The van der Waals surface area contributed by atoms with E-state index in [2.05, 4.69) is 37.1 Å². The smallest absolute Gasteiger partial charge is 0.00532 e. The van der Waals surface area contributed by atoms with Crippen molar-refractivity contribution in [2.75, 3.05) is 6.54 Å². The van der Waals surface area contributed by atoms with Gasteiger partial charge in [-0.3, -0.25) is 4.44 Å². The molecule has 0 aromatic rings. The SMILES string of the molecule is CC(C)CCN(P)P. The summed E-state index contributed by atoms with van der Waals surface area (Å²) >= 11 is 0. The van der Waals surface area contributed by atoms with Gasteiger partial charge >= 0.3 is 0 Å². The lowest BCUT2D eigenvalue weighted by molar-refractivity contribution is 0.538. The van der Waals surface area contributed by atoms with Gasteiger partial charge in [0.25, 0.3) is 0 Å². The van der Waals surface area contributed by atoms with E-state index in [0.29, 0.717) is 0 Å². The molecule has 0 aromatic heterocycles. The lowest BCUT2D eigenvalue weighted by Gasteiger charge is -2.09. The zero-order chi connectivity index (χ0) is 6.57. The molecule has 0 N–H and O–H groups in total. The van der Waals surface area contributed by atoms with Gasteiger partial charge in [0.1, 0.15) is 0 Å². The van der Waals surface area contributed by atoms with Gasteiger partial charge in [-0.05, 0) is 12.3 Å². The molecule has 8 heavy (non-hydrogen) atoms. The summed E-state index contributed by atoms with van der Waals surface area (Å²) in [6, 6.07) is 0. The Morgan fingerprint density at radius 1 is 1.38 bits per heavy atom. The minimum atomic E-state index is 0.818. The summed E-state index contributed by atoms with van der Waals surface area (Å²) in [5.41, 5.74) is 0. The number of hydrogen-bond donors (Lipinski definition) is 0. The molecule has 0 aliphatic carbocycles. The Balaban J connectivity index is 2.93. The van der Waals surface area contributed by atoms with E-state index in [1.807, 2.05) is 0 Å². The van der Waals surface area contributed by atoms with E-state index in [1.165, 1.54) is 6.42 Å². The summed E-state index contributed by atoms with van der Waals surface area (Å²) in [6.07, 6.45) is 1.27. The van der Waals surface area contributed by atoms with Crippen molar-refractivity contribution in [3.63, 3.8) is 0 Å². The first-order valence-corrected chi connectivity index (χ1v) is 3.93. The van der Waals surface area contributed by atoms with Crippen LogP contribution in [0.4, 0.5) is 0 Å². The molecular formula is C5H15NP2. The third kappa shape index (κ3) is 6.82. The molecule has 1 nitrogen and oxygen atoms in total. The van der Waals surface area contributed by atoms with Crippen molar-refractivity contribution >= 4 is 18.8 Å². The summed E-state index contributed by atoms with van der Waals surface area (Å²) < 4.78 is 2.06. The molecule has 3 heteroatoms. The molecule has 0 aromatic carbocycles. The molecule has 0 fully saturated rings. The van der Waals surface area contributed by atoms with Crippen molar-refractivity contribution in [2.24, 2.45) is 5.92 Å². The molecule has 50 valence electrons. The predicted molar refractivity (Wildman–Crippen MR) is 45.6 cm³/mol. The van der Waals surface area contributed by atoms with Gasteiger partial charge < -0.3 is 0 Å². The molecular weight excluding hydrogens is 136 g/mol. The number of hydrogen-bond acceptors (Lipinski definition) is 1. The van der Waals surface area contributed by atoms with Crippen LogP contribution in [0.2, 0.25) is 0 Å². The Hall–Kier alpha value is 0.820. The minimum Gasteiger partial charge on any atom is -0.272 e. The van der Waals surface area contributed by atoms with E-state index in [9.17, 15) is 0 Å². The Morgan fingerprint density at radius 2 is 1.88 bits per heavy atom. The first kappa shape index (κ1) is 8.82. The van der Waals surface area contributed by atoms with Gasteiger partial charge in [0.2, 0.25) is 0 Å². The highest BCUT2D eigenvalue weighted by Gasteiger charge is 1.93. The summed E-state index contributed by atoms with van der Waals surface area (Å²) in [5.74, 6) is 0.818. The fourth-order valence-corrected chi connectivity index (χ4v) is 0.705. The average Bonchev–Trinajstić information content (AvgIpc) is 1.61. The van der Waals surface area contributed by atoms with Gasteiger partial charge in [-0.25, -0.2) is 0 Å². The maximum atomic E-state index is 2.62. The van der Waals surface area contributed by atoms with E-state index in [0.717, 1.165) is 12.5 Å². The van der Waals surface area contributed by atoms with Crippen molar-refractivity contribution in [3.05, 3.63) is 0 Å². The first-order chi connectivity index (χ1) is 3.63. The molecule has 0 amide bonds. The first-order valence-electron chi connectivity index (χ1n) is 2.90. The highest BCUT2D eigenvalue weighted by atomic mass is 31.1. The van der Waals surface area contributed by atoms with E-state index in [4.69, 9.17) is 0 Å². The Kier molecular flexibility index (Phi) is 5.15. The van der Waals surface area contributed by atoms with E-state index in [-0.39, 0.29) is 0 Å². The van der Waals surface area contributed by atoms with Crippen LogP contribution in [0.3, 0.4) is 0 Å². The van der Waals surface area contributed by atoms with Crippen molar-refractivity contribution in [2.45, 2.75) is 20.3 Å². The standard InChI is InChI=1S/C5H15NP2/c1-5(2)3-4-6(7)8/h5H,3-4,7-8H2,1-2H3. The van der Waals surface area contributed by atoms with Crippen LogP contribution in [0.1, 0.15) is 20.3 Å². The van der Waals surface area contributed by atoms with E-state index >= 15 is 0 Å². The molecule has 0 saturated carbocycles. The van der Waals surface area contributed by atoms with Gasteiger partial charge in [-0.15, -0.1) is 0 Å². The molecule has 0 heterocycles. The lowest BCUT2D eigenvalue weighted by Crippen LogP contribution is -2.01. The Bertz CT molecular complexity index is 46.4. The average molecular weight is 151 g/mol. The van der Waals surface area contributed by atoms with Crippen molar-refractivity contribution in [1.29, 1.82) is 0 Å². The molecule has 2 atom stereocenters. The second-order valence-corrected chi connectivity index (χ2v) is 4.34. The topological polar surface area (TPSA) is 3.24 Å². The quantitative estimate of drug-likeness (QED) is 0.557. The third-order valence-electron chi connectivity index (χ3n) is 0.965. The molecule has 2 unspecified atom stereocenters. The fourth-order valence-electron chi connectivity index (χ4n) is 0.407. The maximum absolute atomic E-state index is 2.62. The molecule has 0 aliphatic heterocycles. The Labute approximate surface area is 56.7 Å². The number of nitrogens with zero attached hydrogens (tertiary/aromatic N) is 1. The molecule has 0 aliphatic rings. The molecule has 0 saturated heterocycles. The second kappa shape index (κ2) is 4.68. The summed E-state index contributed by atoms with van der Waals surface area (Å²) in [5, 5.41) is 0. The molecule has 0 radical (unpaired) electrons. The highest BCUT2D eigenvalue weighted by Crippen LogP contribution is 2.09. The lowest BCUT2D eigenvalue weighted by atomic mass is 10.1. The van der Waals surface area contributed by atoms with E-state index < -0.39 is 0 Å². The molecule has 0 bridgehead atoms. The van der Waals surface area contributed by atoms with E-state index in [1.54, 1.807) is 0 Å². The van der Waals surface area contributed by atoms with Crippen LogP contribution >= 0.6 is 18.8 Å². The van der Waals surface area contributed by atoms with Crippen LogP contribution in [-0.4, -0.2) is 11.0 Å². The van der Waals surface area contributed by atoms with Gasteiger partial charge in [0.15, 0.2) is 0 Å². The van der Waals surface area contributed by atoms with Crippen LogP contribution in [0, 0.1) is 5.92 Å². The number of rotatable bonds is 3. The third-order valence-corrected chi connectivity index (χ3v) is 1.48. The van der Waals surface area contributed by atoms with Gasteiger partial charge in [-0.2, -0.15) is 0 Å². The zero-order valence-corrected chi connectivity index (χ0v) is 7.90. The largest absolute Gasteiger partial charge is 0.272 e. The summed E-state index contributed by atoms with van der Waals surface area (Å²) in [4.78, 5) is 0. The minimum absolute atomic E-state index is 0.818. The van der Waals surface area contributed by atoms with Gasteiger partial charge in [-0.1, -0.05) is 32.6 Å². The maximum Gasteiger partial charge on any atom is 0.00532 e. The Morgan fingerprint density at radius 3 is 2.00 bits per heavy atom. The highest BCUT2D eigenvalue weighted by molar-refractivity contribution is 7.30. The van der Waals surface area contributed by atoms with Crippen LogP contribution in [0.25, 0.3) is 0 Å². The van der Waals surface area contributed by atoms with Crippen molar-refractivity contribution in [1.82, 2.24) is 4.44 Å². The van der Waals surface area contributed by atoms with Crippen LogP contribution in [0.5, 0.6) is 0 Å². The van der Waals surface area contributed by atoms with Crippen LogP contribution in [-0.2, 0) is 0 Å². The van der Waals surface area contributed by atoms with Crippen molar-refractivity contribution < 1.29 is 0 Å². The fraction of sp³-hybridized carbons (Fsp3) is 1.00. The van der Waals surface area contributed by atoms with Crippen molar-refractivity contribution in [3.8, 4) is 0 Å². The predicted octanol–water partition coefficient (Wildman–Crippen LogP) is 1.91. The van der Waals surface area contributed by atoms with Crippen LogP contribution in [0.15, 0.2) is 0 Å².